The van der Waals surface area contributed by atoms with Crippen LogP contribution in [0, 0.1) is 12.7 Å². The first-order chi connectivity index (χ1) is 8.99. The summed E-state index contributed by atoms with van der Waals surface area (Å²) in [6.45, 7) is 1.80. The van der Waals surface area contributed by atoms with Crippen molar-refractivity contribution in [2.24, 2.45) is 0 Å². The first kappa shape index (κ1) is 13.4. The predicted molar refractivity (Wildman–Crippen MR) is 72.2 cm³/mol. The van der Waals surface area contributed by atoms with E-state index in [9.17, 15) is 14.3 Å². The van der Waals surface area contributed by atoms with Crippen LogP contribution >= 0.6 is 11.6 Å². The van der Waals surface area contributed by atoms with Crippen molar-refractivity contribution < 1.29 is 14.3 Å². The van der Waals surface area contributed by atoms with Gasteiger partial charge in [-0.3, -0.25) is 4.79 Å². The summed E-state index contributed by atoms with van der Waals surface area (Å²) < 4.78 is 13.6. The lowest BCUT2D eigenvalue weighted by atomic mass is 10.1. The molecule has 0 heterocycles. The number of aromatic hydroxyl groups is 1. The third-order valence-corrected chi connectivity index (χ3v) is 2.91. The van der Waals surface area contributed by atoms with Gasteiger partial charge in [-0.2, -0.15) is 0 Å². The molecule has 2 aromatic carbocycles. The molecular weight excluding hydrogens is 269 g/mol. The van der Waals surface area contributed by atoms with Crippen molar-refractivity contribution in [3.05, 3.63) is 58.4 Å². The molecule has 0 radical (unpaired) electrons. The normalized spacial score (nSPS) is 10.3. The van der Waals surface area contributed by atoms with Crippen molar-refractivity contribution in [3.8, 4) is 5.75 Å². The molecule has 2 rings (SSSR count). The van der Waals surface area contributed by atoms with E-state index in [4.69, 9.17) is 11.6 Å². The Morgan fingerprint density at radius 2 is 2.05 bits per heavy atom. The SMILES string of the molecule is Cc1ccc(NC(=O)c2c(F)cccc2Cl)c(O)c1. The molecule has 2 aromatic rings. The average Bonchev–Trinajstić information content (AvgIpc) is 2.32. The van der Waals surface area contributed by atoms with Gasteiger partial charge in [-0.15, -0.1) is 0 Å². The fourth-order valence-electron chi connectivity index (χ4n) is 1.65. The maximum Gasteiger partial charge on any atom is 0.260 e. The van der Waals surface area contributed by atoms with Gasteiger partial charge in [-0.05, 0) is 36.8 Å². The van der Waals surface area contributed by atoms with Crippen LogP contribution in [0.1, 0.15) is 15.9 Å². The van der Waals surface area contributed by atoms with Gasteiger partial charge < -0.3 is 10.4 Å². The van der Waals surface area contributed by atoms with Crippen LogP contribution in [0.3, 0.4) is 0 Å². The number of amides is 1. The highest BCUT2D eigenvalue weighted by Crippen LogP contribution is 2.26. The molecule has 0 aliphatic heterocycles. The van der Waals surface area contributed by atoms with E-state index >= 15 is 0 Å². The molecule has 0 fully saturated rings. The minimum Gasteiger partial charge on any atom is -0.506 e. The van der Waals surface area contributed by atoms with Crippen LogP contribution in [0.2, 0.25) is 5.02 Å². The zero-order valence-electron chi connectivity index (χ0n) is 10.1. The lowest BCUT2D eigenvalue weighted by molar-refractivity contribution is 0.102. The van der Waals surface area contributed by atoms with E-state index in [1.54, 1.807) is 13.0 Å². The Bertz CT molecular complexity index is 623. The number of phenols is 1. The lowest BCUT2D eigenvalue weighted by Gasteiger charge is -2.09. The molecule has 0 atom stereocenters. The number of halogens is 2. The average molecular weight is 280 g/mol. The number of nitrogens with one attached hydrogen (secondary N) is 1. The summed E-state index contributed by atoms with van der Waals surface area (Å²) in [5.74, 6) is -1.50. The molecule has 98 valence electrons. The summed E-state index contributed by atoms with van der Waals surface area (Å²) in [5, 5.41) is 12.1. The maximum atomic E-state index is 13.6. The van der Waals surface area contributed by atoms with Gasteiger partial charge in [-0.25, -0.2) is 4.39 Å². The van der Waals surface area contributed by atoms with Gasteiger partial charge in [0, 0.05) is 0 Å². The molecule has 0 unspecified atom stereocenters. The number of benzene rings is 2. The Hall–Kier alpha value is -2.07. The molecule has 0 bridgehead atoms. The molecule has 0 saturated carbocycles. The fraction of sp³-hybridized carbons (Fsp3) is 0.0714. The summed E-state index contributed by atoms with van der Waals surface area (Å²) in [6, 6.07) is 8.75. The number of hydrogen-bond donors (Lipinski definition) is 2. The summed E-state index contributed by atoms with van der Waals surface area (Å²) >= 11 is 5.79. The van der Waals surface area contributed by atoms with Gasteiger partial charge >= 0.3 is 0 Å². The van der Waals surface area contributed by atoms with Crippen LogP contribution in [0.25, 0.3) is 0 Å². The van der Waals surface area contributed by atoms with Crippen LogP contribution < -0.4 is 5.32 Å². The van der Waals surface area contributed by atoms with Crippen molar-refractivity contribution in [2.75, 3.05) is 5.32 Å². The Morgan fingerprint density at radius 1 is 1.32 bits per heavy atom. The van der Waals surface area contributed by atoms with Crippen LogP contribution in [-0.2, 0) is 0 Å². The lowest BCUT2D eigenvalue weighted by Crippen LogP contribution is -2.14. The van der Waals surface area contributed by atoms with Gasteiger partial charge in [0.1, 0.15) is 11.6 Å². The van der Waals surface area contributed by atoms with Crippen molar-refractivity contribution in [1.82, 2.24) is 0 Å². The molecule has 2 N–H and O–H groups in total. The summed E-state index contributed by atoms with van der Waals surface area (Å²) in [7, 11) is 0. The molecule has 19 heavy (non-hydrogen) atoms. The monoisotopic (exact) mass is 279 g/mol. The first-order valence-corrected chi connectivity index (χ1v) is 5.92. The standard InChI is InChI=1S/C14H11ClFNO2/c1-8-5-6-11(12(18)7-8)17-14(19)13-9(15)3-2-4-10(13)16/h2-7,18H,1H3,(H,17,19). The summed E-state index contributed by atoms with van der Waals surface area (Å²) in [4.78, 5) is 11.9. The zero-order valence-corrected chi connectivity index (χ0v) is 10.8. The quantitative estimate of drug-likeness (QED) is 0.823. The molecule has 5 heteroatoms. The minimum absolute atomic E-state index is 0.0177. The third-order valence-electron chi connectivity index (χ3n) is 2.59. The Balaban J connectivity index is 2.31. The zero-order chi connectivity index (χ0) is 14.0. The van der Waals surface area contributed by atoms with Crippen LogP contribution in [0.4, 0.5) is 10.1 Å². The molecule has 3 nitrogen and oxygen atoms in total. The molecule has 0 aliphatic rings. The van der Waals surface area contributed by atoms with Crippen LogP contribution in [0.15, 0.2) is 36.4 Å². The Labute approximate surface area is 114 Å². The van der Waals surface area contributed by atoms with E-state index < -0.39 is 11.7 Å². The Kier molecular flexibility index (Phi) is 3.71. The highest BCUT2D eigenvalue weighted by Gasteiger charge is 2.16. The summed E-state index contributed by atoms with van der Waals surface area (Å²) in [5.41, 5.74) is 0.804. The van der Waals surface area contributed by atoms with Gasteiger partial charge in [0.2, 0.25) is 0 Å². The fourth-order valence-corrected chi connectivity index (χ4v) is 1.90. The van der Waals surface area contributed by atoms with Crippen molar-refractivity contribution in [3.63, 3.8) is 0 Å². The number of rotatable bonds is 2. The van der Waals surface area contributed by atoms with E-state index in [2.05, 4.69) is 5.32 Å². The number of anilines is 1. The van der Waals surface area contributed by atoms with Gasteiger partial charge in [0.05, 0.1) is 16.3 Å². The van der Waals surface area contributed by atoms with Crippen molar-refractivity contribution in [1.29, 1.82) is 0 Å². The Morgan fingerprint density at radius 3 is 2.68 bits per heavy atom. The van der Waals surface area contributed by atoms with E-state index in [0.717, 1.165) is 11.6 Å². The van der Waals surface area contributed by atoms with E-state index in [-0.39, 0.29) is 22.0 Å². The smallest absolute Gasteiger partial charge is 0.260 e. The third kappa shape index (κ3) is 2.85. The molecule has 0 aromatic heterocycles. The van der Waals surface area contributed by atoms with E-state index in [1.807, 2.05) is 0 Å². The number of hydrogen-bond acceptors (Lipinski definition) is 2. The van der Waals surface area contributed by atoms with Crippen LogP contribution in [-0.4, -0.2) is 11.0 Å². The molecule has 0 aliphatic carbocycles. The second-order valence-electron chi connectivity index (χ2n) is 4.07. The molecular formula is C14H11ClFNO2. The number of aryl methyl sites for hydroxylation is 1. The topological polar surface area (TPSA) is 49.3 Å². The van der Waals surface area contributed by atoms with Gasteiger partial charge in [0.25, 0.3) is 5.91 Å². The highest BCUT2D eigenvalue weighted by molar-refractivity contribution is 6.34. The van der Waals surface area contributed by atoms with E-state index in [0.29, 0.717) is 0 Å². The van der Waals surface area contributed by atoms with E-state index in [1.165, 1.54) is 24.3 Å². The van der Waals surface area contributed by atoms with Gasteiger partial charge in [-0.1, -0.05) is 23.7 Å². The summed E-state index contributed by atoms with van der Waals surface area (Å²) in [6.07, 6.45) is 0. The molecule has 1 amide bonds. The minimum atomic E-state index is -0.711. The molecule has 0 saturated heterocycles. The number of carbonyl (C=O) groups is 1. The van der Waals surface area contributed by atoms with Crippen molar-refractivity contribution >= 4 is 23.2 Å². The first-order valence-electron chi connectivity index (χ1n) is 5.54. The largest absolute Gasteiger partial charge is 0.506 e. The predicted octanol–water partition coefficient (Wildman–Crippen LogP) is 3.75. The van der Waals surface area contributed by atoms with Crippen molar-refractivity contribution in [2.45, 2.75) is 6.92 Å². The second-order valence-corrected chi connectivity index (χ2v) is 4.48. The number of carbonyl (C=O) groups excluding carboxylic acids is 1. The number of phenolic OH excluding ortho intramolecular Hbond substituents is 1. The van der Waals surface area contributed by atoms with Crippen LogP contribution in [0.5, 0.6) is 5.75 Å². The highest BCUT2D eigenvalue weighted by atomic mass is 35.5. The van der Waals surface area contributed by atoms with Gasteiger partial charge in [0.15, 0.2) is 0 Å². The molecule has 0 spiro atoms. The second kappa shape index (κ2) is 5.28. The maximum absolute atomic E-state index is 13.6.